The molecule has 0 atom stereocenters. The Hall–Kier alpha value is -4.37. The van der Waals surface area contributed by atoms with Crippen molar-refractivity contribution >= 4 is 39.8 Å². The molecule has 2 heterocycles. The van der Waals surface area contributed by atoms with E-state index in [-0.39, 0.29) is 11.4 Å². The van der Waals surface area contributed by atoms with E-state index in [9.17, 15) is 4.79 Å². The molecule has 0 bridgehead atoms. The third kappa shape index (κ3) is 5.33. The fourth-order valence-electron chi connectivity index (χ4n) is 3.92. The molecule has 0 radical (unpaired) electrons. The highest BCUT2D eigenvalue weighted by atomic mass is 32.2. The Morgan fingerprint density at radius 3 is 2.50 bits per heavy atom. The molecular weight excluding hydrogens is 500 g/mol. The molecule has 1 amide bonds. The Morgan fingerprint density at radius 1 is 0.974 bits per heavy atom. The van der Waals surface area contributed by atoms with Crippen molar-refractivity contribution in [1.29, 1.82) is 5.41 Å². The molecule has 5 rings (SSSR count). The molecule has 38 heavy (non-hydrogen) atoms. The lowest BCUT2D eigenvalue weighted by molar-refractivity contribution is -0.114. The number of nitrogens with one attached hydrogen (secondary N) is 1. The zero-order valence-electron chi connectivity index (χ0n) is 21.2. The van der Waals surface area contributed by atoms with Gasteiger partial charge in [0.05, 0.1) is 12.7 Å². The molecule has 9 heteroatoms. The van der Waals surface area contributed by atoms with E-state index in [1.54, 1.807) is 31.4 Å². The zero-order chi connectivity index (χ0) is 26.6. The first kappa shape index (κ1) is 25.3. The summed E-state index contributed by atoms with van der Waals surface area (Å²) in [5, 5.41) is 15.7. The second kappa shape index (κ2) is 10.9. The van der Waals surface area contributed by atoms with Crippen LogP contribution in [0.2, 0.25) is 0 Å². The van der Waals surface area contributed by atoms with Crippen molar-refractivity contribution in [3.63, 3.8) is 0 Å². The Bertz CT molecular complexity index is 1490. The molecule has 8 nitrogen and oxygen atoms in total. The minimum absolute atomic E-state index is 0.0244. The molecule has 0 unspecified atom stereocenters. The molecule has 2 aliphatic rings. The van der Waals surface area contributed by atoms with Gasteiger partial charge in [0, 0.05) is 5.56 Å². The highest BCUT2D eigenvalue weighted by molar-refractivity contribution is 8.27. The Morgan fingerprint density at radius 2 is 1.74 bits per heavy atom. The summed E-state index contributed by atoms with van der Waals surface area (Å²) in [5.74, 6) is 1.33. The normalized spacial score (nSPS) is 15.8. The van der Waals surface area contributed by atoms with Crippen LogP contribution in [-0.4, -0.2) is 47.3 Å². The number of fused-ring (bicyclic) bond motifs is 1. The summed E-state index contributed by atoms with van der Waals surface area (Å²) < 4.78 is 17.1. The van der Waals surface area contributed by atoms with Gasteiger partial charge in [-0.05, 0) is 67.1 Å². The van der Waals surface area contributed by atoms with Crippen molar-refractivity contribution in [1.82, 2.24) is 5.01 Å². The number of carbonyl (C=O) groups is 1. The van der Waals surface area contributed by atoms with Crippen molar-refractivity contribution in [2.24, 2.45) is 10.1 Å². The van der Waals surface area contributed by atoms with Crippen molar-refractivity contribution in [3.05, 3.63) is 94.6 Å². The molecule has 3 aromatic rings. The standard InChI is InChI=1S/C29H26N4O4S/c1-18-8-11-21(12-9-18)36-14-15-37-24-13-10-20(17-25(24)35-3)16-23-26(30)33-29(31-27(23)34)38-28(32-33)22-7-5-4-6-19(22)2/h4-13,16-17,30H,14-15H2,1-3H3/b23-16+,30-26?. The smallest absolute Gasteiger partial charge is 0.283 e. The van der Waals surface area contributed by atoms with Gasteiger partial charge in [-0.2, -0.15) is 15.1 Å². The van der Waals surface area contributed by atoms with Crippen molar-refractivity contribution in [2.75, 3.05) is 20.3 Å². The minimum Gasteiger partial charge on any atom is -0.493 e. The van der Waals surface area contributed by atoms with Crippen LogP contribution in [0.15, 0.2) is 82.4 Å². The number of thioether (sulfide) groups is 1. The number of aryl methyl sites for hydroxylation is 2. The second-order valence-corrected chi connectivity index (χ2v) is 9.62. The molecule has 1 N–H and O–H groups in total. The van der Waals surface area contributed by atoms with Crippen LogP contribution in [0.3, 0.4) is 0 Å². The molecule has 3 aromatic carbocycles. The first-order valence-corrected chi connectivity index (χ1v) is 12.8. The lowest BCUT2D eigenvalue weighted by Gasteiger charge is -2.20. The van der Waals surface area contributed by atoms with Gasteiger partial charge in [0.2, 0.25) is 5.17 Å². The molecule has 0 spiro atoms. The monoisotopic (exact) mass is 526 g/mol. The van der Waals surface area contributed by atoms with Gasteiger partial charge in [-0.1, -0.05) is 48.0 Å². The maximum Gasteiger partial charge on any atom is 0.283 e. The summed E-state index contributed by atoms with van der Waals surface area (Å²) in [4.78, 5) is 17.0. The number of hydrogen-bond acceptors (Lipinski definition) is 7. The number of aliphatic imine (C=N–C) groups is 1. The van der Waals surface area contributed by atoms with E-state index >= 15 is 0 Å². The molecule has 0 saturated heterocycles. The van der Waals surface area contributed by atoms with Crippen molar-refractivity contribution in [3.8, 4) is 17.2 Å². The van der Waals surface area contributed by atoms with E-state index in [0.29, 0.717) is 40.5 Å². The van der Waals surface area contributed by atoms with Crippen LogP contribution in [0.5, 0.6) is 17.2 Å². The molecule has 2 aliphatic heterocycles. The highest BCUT2D eigenvalue weighted by Gasteiger charge is 2.36. The number of carbonyl (C=O) groups excluding carboxylic acids is 1. The fourth-order valence-corrected chi connectivity index (χ4v) is 4.90. The predicted molar refractivity (Wildman–Crippen MR) is 150 cm³/mol. The number of benzene rings is 3. The van der Waals surface area contributed by atoms with Crippen molar-refractivity contribution in [2.45, 2.75) is 13.8 Å². The molecular formula is C29H26N4O4S. The van der Waals surface area contributed by atoms with Crippen LogP contribution >= 0.6 is 11.8 Å². The first-order chi connectivity index (χ1) is 18.4. The Balaban J connectivity index is 1.29. The summed E-state index contributed by atoms with van der Waals surface area (Å²) in [6.07, 6.45) is 1.61. The number of amidine groups is 2. The average Bonchev–Trinajstić information content (AvgIpc) is 3.34. The van der Waals surface area contributed by atoms with E-state index in [2.05, 4.69) is 10.1 Å². The molecule has 192 valence electrons. The summed E-state index contributed by atoms with van der Waals surface area (Å²) in [6.45, 7) is 4.73. The van der Waals surface area contributed by atoms with E-state index in [1.807, 2.05) is 62.4 Å². The van der Waals surface area contributed by atoms with Crippen LogP contribution in [0, 0.1) is 19.3 Å². The van der Waals surface area contributed by atoms with Crippen LogP contribution in [0.25, 0.3) is 6.08 Å². The SMILES string of the molecule is COc1cc(/C=C2\C(=N)N3N=C(c4ccccc4C)SC3=NC2=O)ccc1OCCOc1ccc(C)cc1. The number of amides is 1. The Kier molecular flexibility index (Phi) is 7.28. The van der Waals surface area contributed by atoms with E-state index < -0.39 is 5.91 Å². The Labute approximate surface area is 225 Å². The minimum atomic E-state index is -0.484. The first-order valence-electron chi connectivity index (χ1n) is 12.0. The van der Waals surface area contributed by atoms with Gasteiger partial charge in [-0.15, -0.1) is 0 Å². The third-order valence-corrected chi connectivity index (χ3v) is 6.90. The van der Waals surface area contributed by atoms with Gasteiger partial charge < -0.3 is 14.2 Å². The van der Waals surface area contributed by atoms with Gasteiger partial charge >= 0.3 is 0 Å². The number of hydrazone groups is 1. The fraction of sp³-hybridized carbons (Fsp3) is 0.172. The van der Waals surface area contributed by atoms with Gasteiger partial charge in [0.15, 0.2) is 17.3 Å². The second-order valence-electron chi connectivity index (χ2n) is 8.66. The number of ether oxygens (including phenoxy) is 3. The van der Waals surface area contributed by atoms with Crippen LogP contribution in [0.1, 0.15) is 22.3 Å². The average molecular weight is 527 g/mol. The van der Waals surface area contributed by atoms with E-state index in [4.69, 9.17) is 19.6 Å². The number of hydrogen-bond donors (Lipinski definition) is 1. The lowest BCUT2D eigenvalue weighted by Crippen LogP contribution is -2.35. The van der Waals surface area contributed by atoms with Crippen LogP contribution < -0.4 is 14.2 Å². The maximum absolute atomic E-state index is 12.8. The molecule has 0 saturated carbocycles. The zero-order valence-corrected chi connectivity index (χ0v) is 22.0. The molecule has 0 fully saturated rings. The third-order valence-electron chi connectivity index (χ3n) is 5.96. The maximum atomic E-state index is 12.8. The molecule has 0 aromatic heterocycles. The predicted octanol–water partition coefficient (Wildman–Crippen LogP) is 5.44. The highest BCUT2D eigenvalue weighted by Crippen LogP contribution is 2.33. The van der Waals surface area contributed by atoms with E-state index in [0.717, 1.165) is 16.9 Å². The van der Waals surface area contributed by atoms with Gasteiger partial charge in [0.1, 0.15) is 24.0 Å². The quantitative estimate of drug-likeness (QED) is 0.310. The topological polar surface area (TPSA) is 96.6 Å². The number of nitrogens with zero attached hydrogens (tertiary/aromatic N) is 3. The van der Waals surface area contributed by atoms with Crippen molar-refractivity contribution < 1.29 is 19.0 Å². The summed E-state index contributed by atoms with van der Waals surface area (Å²) in [7, 11) is 1.55. The van der Waals surface area contributed by atoms with Crippen LogP contribution in [0.4, 0.5) is 0 Å². The van der Waals surface area contributed by atoms with Gasteiger partial charge in [0.25, 0.3) is 5.91 Å². The summed E-state index contributed by atoms with van der Waals surface area (Å²) in [6, 6.07) is 21.0. The summed E-state index contributed by atoms with van der Waals surface area (Å²) >= 11 is 1.28. The van der Waals surface area contributed by atoms with E-state index in [1.165, 1.54) is 22.3 Å². The lowest BCUT2D eigenvalue weighted by atomic mass is 10.1. The summed E-state index contributed by atoms with van der Waals surface area (Å²) in [5.41, 5.74) is 4.00. The largest absolute Gasteiger partial charge is 0.493 e. The van der Waals surface area contributed by atoms with Gasteiger partial charge in [-0.3, -0.25) is 10.2 Å². The number of methoxy groups -OCH3 is 1. The molecule has 0 aliphatic carbocycles. The van der Waals surface area contributed by atoms with Crippen LogP contribution in [-0.2, 0) is 4.79 Å². The van der Waals surface area contributed by atoms with Gasteiger partial charge in [-0.25, -0.2) is 0 Å². The number of rotatable bonds is 8.